The highest BCUT2D eigenvalue weighted by atomic mass is 35.5. The van der Waals surface area contributed by atoms with Gasteiger partial charge in [0, 0.05) is 0 Å². The first-order valence-electron chi connectivity index (χ1n) is 5.15. The molecule has 0 radical (unpaired) electrons. The molecule has 2 aromatic rings. The molecule has 19 heavy (non-hydrogen) atoms. The van der Waals surface area contributed by atoms with Crippen molar-refractivity contribution < 1.29 is 8.42 Å². The van der Waals surface area contributed by atoms with Gasteiger partial charge in [0.25, 0.3) is 10.0 Å². The van der Waals surface area contributed by atoms with E-state index in [2.05, 4.69) is 14.7 Å². The van der Waals surface area contributed by atoms with Gasteiger partial charge in [-0.25, -0.2) is 18.4 Å². The van der Waals surface area contributed by atoms with Gasteiger partial charge >= 0.3 is 0 Å². The maximum Gasteiger partial charge on any atom is 0.263 e. The van der Waals surface area contributed by atoms with Crippen molar-refractivity contribution in [2.75, 3.05) is 4.72 Å². The van der Waals surface area contributed by atoms with Crippen LogP contribution < -0.4 is 4.72 Å². The summed E-state index contributed by atoms with van der Waals surface area (Å²) in [6, 6.07) is 6.38. The van der Waals surface area contributed by atoms with Crippen LogP contribution in [0.5, 0.6) is 0 Å². The molecule has 2 rings (SSSR count). The van der Waals surface area contributed by atoms with Crippen LogP contribution in [0.2, 0.25) is 10.2 Å². The van der Waals surface area contributed by atoms with Crippen molar-refractivity contribution in [3.8, 4) is 0 Å². The fraction of sp³-hybridized carbons (Fsp3) is 0.0909. The minimum atomic E-state index is -3.75. The SMILES string of the molecule is Cc1ccc(S(=O)(=O)Nc2ncnc(Cl)c2Cl)cc1. The molecular weight excluding hydrogens is 309 g/mol. The molecule has 0 fully saturated rings. The zero-order valence-corrected chi connectivity index (χ0v) is 12.1. The molecule has 0 saturated carbocycles. The summed E-state index contributed by atoms with van der Waals surface area (Å²) < 4.78 is 26.5. The Kier molecular flexibility index (Phi) is 3.93. The fourth-order valence-electron chi connectivity index (χ4n) is 1.32. The van der Waals surface area contributed by atoms with E-state index in [1.165, 1.54) is 12.1 Å². The standard InChI is InChI=1S/C11H9Cl2N3O2S/c1-7-2-4-8(5-3-7)19(17,18)16-11-9(12)10(13)14-6-15-11/h2-6H,1H3,(H,14,15,16). The zero-order chi connectivity index (χ0) is 14.0. The fourth-order valence-corrected chi connectivity index (χ4v) is 2.68. The van der Waals surface area contributed by atoms with Gasteiger partial charge in [0.2, 0.25) is 0 Å². The van der Waals surface area contributed by atoms with E-state index in [1.54, 1.807) is 12.1 Å². The molecule has 8 heteroatoms. The second-order valence-corrected chi connectivity index (χ2v) is 6.16. The largest absolute Gasteiger partial charge is 0.263 e. The number of halogens is 2. The molecule has 100 valence electrons. The molecule has 0 saturated heterocycles. The third kappa shape index (κ3) is 3.15. The molecule has 0 aliphatic carbocycles. The normalized spacial score (nSPS) is 11.3. The maximum absolute atomic E-state index is 12.1. The van der Waals surface area contributed by atoms with Crippen LogP contribution in [-0.4, -0.2) is 18.4 Å². The van der Waals surface area contributed by atoms with Crippen molar-refractivity contribution >= 4 is 39.0 Å². The van der Waals surface area contributed by atoms with Crippen LogP contribution in [0.1, 0.15) is 5.56 Å². The number of nitrogens with zero attached hydrogens (tertiary/aromatic N) is 2. The summed E-state index contributed by atoms with van der Waals surface area (Å²) in [6.07, 6.45) is 1.13. The molecule has 0 bridgehead atoms. The molecule has 1 aromatic carbocycles. The summed E-state index contributed by atoms with van der Waals surface area (Å²) in [5.74, 6) is -0.0535. The van der Waals surface area contributed by atoms with Gasteiger partial charge in [-0.3, -0.25) is 4.72 Å². The Morgan fingerprint density at radius 1 is 1.11 bits per heavy atom. The first kappa shape index (κ1) is 14.0. The zero-order valence-electron chi connectivity index (χ0n) is 9.76. The minimum Gasteiger partial charge on any atom is -0.262 e. The predicted molar refractivity (Wildman–Crippen MR) is 74.0 cm³/mol. The van der Waals surface area contributed by atoms with Crippen molar-refractivity contribution in [1.82, 2.24) is 9.97 Å². The van der Waals surface area contributed by atoms with Crippen LogP contribution in [0.4, 0.5) is 5.82 Å². The number of benzene rings is 1. The molecule has 0 spiro atoms. The van der Waals surface area contributed by atoms with Crippen LogP contribution in [0.25, 0.3) is 0 Å². The van der Waals surface area contributed by atoms with E-state index < -0.39 is 10.0 Å². The highest BCUT2D eigenvalue weighted by molar-refractivity contribution is 7.92. The molecule has 1 aromatic heterocycles. The summed E-state index contributed by atoms with van der Waals surface area (Å²) in [5, 5.41) is -0.0573. The van der Waals surface area contributed by atoms with E-state index in [0.29, 0.717) is 0 Å². The molecule has 1 N–H and O–H groups in total. The van der Waals surface area contributed by atoms with E-state index in [-0.39, 0.29) is 20.9 Å². The third-order valence-electron chi connectivity index (χ3n) is 2.31. The average Bonchev–Trinajstić information content (AvgIpc) is 2.35. The third-order valence-corrected chi connectivity index (χ3v) is 4.41. The van der Waals surface area contributed by atoms with Gasteiger partial charge in [0.15, 0.2) is 11.0 Å². The number of aryl methyl sites for hydroxylation is 1. The first-order valence-corrected chi connectivity index (χ1v) is 7.39. The van der Waals surface area contributed by atoms with Crippen LogP contribution in [0, 0.1) is 6.92 Å². The molecule has 0 amide bonds. The van der Waals surface area contributed by atoms with Gasteiger partial charge < -0.3 is 0 Å². The van der Waals surface area contributed by atoms with E-state index in [4.69, 9.17) is 23.2 Å². The van der Waals surface area contributed by atoms with Crippen LogP contribution >= 0.6 is 23.2 Å². The number of rotatable bonds is 3. The lowest BCUT2D eigenvalue weighted by Crippen LogP contribution is -2.14. The minimum absolute atomic E-state index is 0.0155. The van der Waals surface area contributed by atoms with Gasteiger partial charge in [-0.1, -0.05) is 40.9 Å². The molecule has 0 aliphatic rings. The first-order chi connectivity index (χ1) is 8.90. The Morgan fingerprint density at radius 2 is 1.74 bits per heavy atom. The Balaban J connectivity index is 2.36. The average molecular weight is 318 g/mol. The van der Waals surface area contributed by atoms with Crippen molar-refractivity contribution in [2.45, 2.75) is 11.8 Å². The summed E-state index contributed by atoms with van der Waals surface area (Å²) in [7, 11) is -3.75. The van der Waals surface area contributed by atoms with Crippen LogP contribution in [0.3, 0.4) is 0 Å². The molecule has 5 nitrogen and oxygen atoms in total. The van der Waals surface area contributed by atoms with Crippen molar-refractivity contribution in [3.63, 3.8) is 0 Å². The number of hydrogen-bond acceptors (Lipinski definition) is 4. The number of anilines is 1. The van der Waals surface area contributed by atoms with Gasteiger partial charge in [0.1, 0.15) is 11.3 Å². The highest BCUT2D eigenvalue weighted by Gasteiger charge is 2.17. The lowest BCUT2D eigenvalue weighted by molar-refractivity contribution is 0.601. The van der Waals surface area contributed by atoms with Crippen molar-refractivity contribution in [2.24, 2.45) is 0 Å². The van der Waals surface area contributed by atoms with Crippen LogP contribution in [-0.2, 0) is 10.0 Å². The quantitative estimate of drug-likeness (QED) is 0.883. The van der Waals surface area contributed by atoms with Gasteiger partial charge in [-0.15, -0.1) is 0 Å². The second kappa shape index (κ2) is 5.32. The summed E-state index contributed by atoms with van der Waals surface area (Å²) in [4.78, 5) is 7.51. The number of nitrogens with one attached hydrogen (secondary N) is 1. The lowest BCUT2D eigenvalue weighted by atomic mass is 10.2. The van der Waals surface area contributed by atoms with E-state index in [9.17, 15) is 8.42 Å². The molecular formula is C11H9Cl2N3O2S. The lowest BCUT2D eigenvalue weighted by Gasteiger charge is -2.09. The molecule has 0 atom stereocenters. The number of aromatic nitrogens is 2. The van der Waals surface area contributed by atoms with Gasteiger partial charge in [-0.05, 0) is 19.1 Å². The van der Waals surface area contributed by atoms with Gasteiger partial charge in [-0.2, -0.15) is 0 Å². The summed E-state index contributed by atoms with van der Waals surface area (Å²) >= 11 is 11.5. The second-order valence-electron chi connectivity index (χ2n) is 3.75. The topological polar surface area (TPSA) is 72.0 Å². The Bertz CT molecular complexity index is 702. The Morgan fingerprint density at radius 3 is 2.37 bits per heavy atom. The summed E-state index contributed by atoms with van der Waals surface area (Å²) in [5.41, 5.74) is 0.960. The number of hydrogen-bond donors (Lipinski definition) is 1. The highest BCUT2D eigenvalue weighted by Crippen LogP contribution is 2.27. The Labute approximate surface area is 120 Å². The van der Waals surface area contributed by atoms with E-state index in [1.807, 2.05) is 6.92 Å². The smallest absolute Gasteiger partial charge is 0.262 e. The molecule has 1 heterocycles. The number of sulfonamides is 1. The predicted octanol–water partition coefficient (Wildman–Crippen LogP) is 2.89. The molecule has 0 unspecified atom stereocenters. The van der Waals surface area contributed by atoms with Crippen molar-refractivity contribution in [3.05, 3.63) is 46.3 Å². The summed E-state index contributed by atoms with van der Waals surface area (Å²) in [6.45, 7) is 1.87. The molecule has 0 aliphatic heterocycles. The van der Waals surface area contributed by atoms with Gasteiger partial charge in [0.05, 0.1) is 4.90 Å². The van der Waals surface area contributed by atoms with Crippen molar-refractivity contribution in [1.29, 1.82) is 0 Å². The monoisotopic (exact) mass is 317 g/mol. The Hall–Kier alpha value is -1.37. The van der Waals surface area contributed by atoms with E-state index in [0.717, 1.165) is 11.9 Å². The maximum atomic E-state index is 12.1. The van der Waals surface area contributed by atoms with Crippen LogP contribution in [0.15, 0.2) is 35.5 Å². The van der Waals surface area contributed by atoms with E-state index >= 15 is 0 Å².